The molecule has 0 fully saturated rings. The predicted octanol–water partition coefficient (Wildman–Crippen LogP) is 5.28. The fourth-order valence-corrected chi connectivity index (χ4v) is 3.73. The molecule has 1 amide bonds. The lowest BCUT2D eigenvalue weighted by Gasteiger charge is -2.13. The van der Waals surface area contributed by atoms with Gasteiger partial charge in [0.2, 0.25) is 0 Å². The highest BCUT2D eigenvalue weighted by Crippen LogP contribution is 2.30. The predicted molar refractivity (Wildman–Crippen MR) is 141 cm³/mol. The summed E-state index contributed by atoms with van der Waals surface area (Å²) in [6, 6.07) is 22.8. The Morgan fingerprint density at radius 2 is 1.50 bits per heavy atom. The lowest BCUT2D eigenvalue weighted by molar-refractivity contribution is -0.114. The minimum Gasteiger partial charge on any atom is -0.493 e. The first kappa shape index (κ1) is 25.0. The third-order valence-corrected chi connectivity index (χ3v) is 5.63. The van der Waals surface area contributed by atoms with Crippen molar-refractivity contribution in [1.29, 1.82) is 0 Å². The number of methoxy groups -OCH3 is 1. The summed E-state index contributed by atoms with van der Waals surface area (Å²) in [6.45, 7) is 5.58. The average molecular weight is 487 g/mol. The van der Waals surface area contributed by atoms with Crippen LogP contribution in [0.1, 0.15) is 18.1 Å². The monoisotopic (exact) mass is 486 g/mol. The first-order chi connectivity index (χ1) is 17.6. The lowest BCUT2D eigenvalue weighted by atomic mass is 10.1. The van der Waals surface area contributed by atoms with Crippen LogP contribution in [0, 0.1) is 6.92 Å². The molecule has 0 bridgehead atoms. The fraction of sp³-hybridized carbons (Fsp3) is 0.241. The van der Waals surface area contributed by atoms with Crippen LogP contribution in [-0.4, -0.2) is 45.2 Å². The van der Waals surface area contributed by atoms with Crippen LogP contribution in [0.4, 0.5) is 5.69 Å². The Balaban J connectivity index is 1.29. The van der Waals surface area contributed by atoms with Crippen molar-refractivity contribution in [2.24, 2.45) is 5.10 Å². The number of hydrazone groups is 1. The van der Waals surface area contributed by atoms with Crippen LogP contribution >= 0.6 is 0 Å². The van der Waals surface area contributed by atoms with Crippen molar-refractivity contribution in [2.75, 3.05) is 38.5 Å². The Morgan fingerprint density at radius 1 is 0.806 bits per heavy atom. The number of anilines is 1. The zero-order valence-corrected chi connectivity index (χ0v) is 20.8. The molecular weight excluding hydrogens is 456 g/mol. The normalized spacial score (nSPS) is 14.2. The van der Waals surface area contributed by atoms with Crippen molar-refractivity contribution in [3.05, 3.63) is 89.5 Å². The van der Waals surface area contributed by atoms with Gasteiger partial charge in [0.05, 0.1) is 37.3 Å². The molecule has 4 rings (SSSR count). The molecule has 1 aliphatic heterocycles. The molecule has 186 valence electrons. The van der Waals surface area contributed by atoms with Gasteiger partial charge in [-0.25, -0.2) is 0 Å². The SMILES string of the molecule is COc1cc(/C=C2/C(=O)N(c3ccccc3)N=C2C)ccc1OCCOCCOc1ccccc1C. The van der Waals surface area contributed by atoms with Crippen LogP contribution in [0.5, 0.6) is 17.2 Å². The minimum atomic E-state index is -0.165. The fourth-order valence-electron chi connectivity index (χ4n) is 3.73. The van der Waals surface area contributed by atoms with Crippen LogP contribution in [0.2, 0.25) is 0 Å². The molecule has 0 unspecified atom stereocenters. The molecule has 36 heavy (non-hydrogen) atoms. The Bertz CT molecular complexity index is 1250. The second-order valence-corrected chi connectivity index (χ2v) is 8.18. The summed E-state index contributed by atoms with van der Waals surface area (Å²) in [7, 11) is 1.59. The molecule has 0 aliphatic carbocycles. The molecule has 0 spiro atoms. The molecule has 0 atom stereocenters. The number of aryl methyl sites for hydroxylation is 1. The number of para-hydroxylation sites is 2. The van der Waals surface area contributed by atoms with Crippen LogP contribution in [0.15, 0.2) is 83.5 Å². The molecule has 1 heterocycles. The number of benzene rings is 3. The first-order valence-corrected chi connectivity index (χ1v) is 11.8. The van der Waals surface area contributed by atoms with Gasteiger partial charge in [-0.05, 0) is 61.4 Å². The molecule has 0 N–H and O–H groups in total. The lowest BCUT2D eigenvalue weighted by Crippen LogP contribution is -2.21. The van der Waals surface area contributed by atoms with Crippen LogP contribution in [0.3, 0.4) is 0 Å². The van der Waals surface area contributed by atoms with Crippen LogP contribution < -0.4 is 19.2 Å². The molecule has 3 aromatic rings. The van der Waals surface area contributed by atoms with Gasteiger partial charge in [-0.15, -0.1) is 0 Å². The maximum Gasteiger partial charge on any atom is 0.280 e. The summed E-state index contributed by atoms with van der Waals surface area (Å²) in [5.41, 5.74) is 3.84. The van der Waals surface area contributed by atoms with E-state index in [1.54, 1.807) is 7.11 Å². The summed E-state index contributed by atoms with van der Waals surface area (Å²) in [4.78, 5) is 13.0. The molecule has 0 saturated carbocycles. The van der Waals surface area contributed by atoms with Gasteiger partial charge in [-0.1, -0.05) is 42.5 Å². The van der Waals surface area contributed by atoms with Crippen molar-refractivity contribution in [2.45, 2.75) is 13.8 Å². The van der Waals surface area contributed by atoms with Crippen molar-refractivity contribution in [3.63, 3.8) is 0 Å². The van der Waals surface area contributed by atoms with E-state index in [9.17, 15) is 4.79 Å². The number of nitrogens with zero attached hydrogens (tertiary/aromatic N) is 2. The van der Waals surface area contributed by atoms with E-state index in [1.807, 2.05) is 92.7 Å². The van der Waals surface area contributed by atoms with Gasteiger partial charge in [0.1, 0.15) is 19.0 Å². The van der Waals surface area contributed by atoms with Gasteiger partial charge in [0.25, 0.3) is 5.91 Å². The highest BCUT2D eigenvalue weighted by Gasteiger charge is 2.28. The summed E-state index contributed by atoms with van der Waals surface area (Å²) in [5, 5.41) is 5.84. The average Bonchev–Trinajstić information content (AvgIpc) is 3.18. The quantitative estimate of drug-likeness (QED) is 0.272. The van der Waals surface area contributed by atoms with Crippen LogP contribution in [0.25, 0.3) is 6.08 Å². The zero-order valence-electron chi connectivity index (χ0n) is 20.8. The number of amides is 1. The van der Waals surface area contributed by atoms with Gasteiger partial charge < -0.3 is 18.9 Å². The zero-order chi connectivity index (χ0) is 25.3. The Morgan fingerprint density at radius 3 is 2.22 bits per heavy atom. The van der Waals surface area contributed by atoms with E-state index in [1.165, 1.54) is 5.01 Å². The number of ether oxygens (including phenoxy) is 4. The summed E-state index contributed by atoms with van der Waals surface area (Å²) in [6.07, 6.45) is 1.81. The second kappa shape index (κ2) is 12.0. The number of hydrogen-bond acceptors (Lipinski definition) is 6. The van der Waals surface area contributed by atoms with Gasteiger partial charge in [0, 0.05) is 0 Å². The largest absolute Gasteiger partial charge is 0.493 e. The van der Waals surface area contributed by atoms with Gasteiger partial charge in [0.15, 0.2) is 11.5 Å². The first-order valence-electron chi connectivity index (χ1n) is 11.8. The summed E-state index contributed by atoms with van der Waals surface area (Å²) >= 11 is 0. The van der Waals surface area contributed by atoms with Crippen molar-refractivity contribution >= 4 is 23.4 Å². The third-order valence-electron chi connectivity index (χ3n) is 5.63. The molecule has 0 aromatic heterocycles. The number of carbonyl (C=O) groups excluding carboxylic acids is 1. The maximum absolute atomic E-state index is 13.0. The summed E-state index contributed by atoms with van der Waals surface area (Å²) < 4.78 is 22.7. The number of hydrogen-bond donors (Lipinski definition) is 0. The van der Waals surface area contributed by atoms with E-state index in [0.717, 1.165) is 22.6 Å². The van der Waals surface area contributed by atoms with Crippen molar-refractivity contribution in [1.82, 2.24) is 0 Å². The van der Waals surface area contributed by atoms with Gasteiger partial charge in [-0.3, -0.25) is 4.79 Å². The molecule has 1 aliphatic rings. The topological polar surface area (TPSA) is 69.6 Å². The van der Waals surface area contributed by atoms with Gasteiger partial charge in [-0.2, -0.15) is 10.1 Å². The Labute approximate surface area is 211 Å². The number of rotatable bonds is 11. The highest BCUT2D eigenvalue weighted by atomic mass is 16.6. The minimum absolute atomic E-state index is 0.165. The Kier molecular flexibility index (Phi) is 8.36. The second-order valence-electron chi connectivity index (χ2n) is 8.18. The smallest absolute Gasteiger partial charge is 0.280 e. The van der Waals surface area contributed by atoms with Crippen molar-refractivity contribution in [3.8, 4) is 17.2 Å². The van der Waals surface area contributed by atoms with Gasteiger partial charge >= 0.3 is 0 Å². The molecule has 7 nitrogen and oxygen atoms in total. The van der Waals surface area contributed by atoms with Crippen LogP contribution in [-0.2, 0) is 9.53 Å². The third kappa shape index (κ3) is 6.12. The Hall–Kier alpha value is -4.10. The maximum atomic E-state index is 13.0. The van der Waals surface area contributed by atoms with Crippen molar-refractivity contribution < 1.29 is 23.7 Å². The van der Waals surface area contributed by atoms with E-state index in [4.69, 9.17) is 18.9 Å². The molecule has 0 saturated heterocycles. The van der Waals surface area contributed by atoms with E-state index >= 15 is 0 Å². The van der Waals surface area contributed by atoms with E-state index in [2.05, 4.69) is 5.10 Å². The molecule has 7 heteroatoms. The highest BCUT2D eigenvalue weighted by molar-refractivity contribution is 6.32. The van der Waals surface area contributed by atoms with E-state index in [0.29, 0.717) is 49.2 Å². The van der Waals surface area contributed by atoms with E-state index in [-0.39, 0.29) is 5.91 Å². The molecule has 3 aromatic carbocycles. The summed E-state index contributed by atoms with van der Waals surface area (Å²) in [5.74, 6) is 1.88. The molecule has 0 radical (unpaired) electrons. The van der Waals surface area contributed by atoms with E-state index < -0.39 is 0 Å². The number of carbonyl (C=O) groups is 1. The molecular formula is C29H30N2O5. The standard InChI is InChI=1S/C29H30N2O5/c1-21-9-7-8-12-26(21)35-17-15-34-16-18-36-27-14-13-23(20-28(27)33-3)19-25-22(2)30-31(29(25)32)24-10-5-4-6-11-24/h4-14,19-20H,15-18H2,1-3H3/b25-19+.